The van der Waals surface area contributed by atoms with Crippen LogP contribution in [0.1, 0.15) is 35.3 Å². The SMILES string of the molecule is CCOC(=O)c1cc(Cl)c(NC(=O)C(C)Oc2ccc(C)cc2C)cc1OC. The molecular weight excluding hydrogens is 382 g/mol. The number of methoxy groups -OCH3 is 1. The van der Waals surface area contributed by atoms with Crippen LogP contribution in [0.3, 0.4) is 0 Å². The van der Waals surface area contributed by atoms with Crippen molar-refractivity contribution in [2.24, 2.45) is 0 Å². The molecule has 2 aromatic rings. The summed E-state index contributed by atoms with van der Waals surface area (Å²) in [6, 6.07) is 8.62. The summed E-state index contributed by atoms with van der Waals surface area (Å²) in [5.74, 6) is -0.0471. The Morgan fingerprint density at radius 1 is 1.14 bits per heavy atom. The van der Waals surface area contributed by atoms with Crippen molar-refractivity contribution in [2.75, 3.05) is 19.0 Å². The molecule has 2 rings (SSSR count). The van der Waals surface area contributed by atoms with Gasteiger partial charge in [-0.3, -0.25) is 4.79 Å². The maximum absolute atomic E-state index is 12.5. The van der Waals surface area contributed by atoms with Crippen molar-refractivity contribution in [2.45, 2.75) is 33.8 Å². The molecule has 2 aromatic carbocycles. The average Bonchev–Trinajstić information content (AvgIpc) is 2.65. The normalized spacial score (nSPS) is 11.5. The second-order valence-corrected chi connectivity index (χ2v) is 6.68. The number of rotatable bonds is 7. The number of anilines is 1. The largest absolute Gasteiger partial charge is 0.496 e. The highest BCUT2D eigenvalue weighted by atomic mass is 35.5. The average molecular weight is 406 g/mol. The minimum atomic E-state index is -0.756. The number of hydrogen-bond donors (Lipinski definition) is 1. The van der Waals surface area contributed by atoms with Crippen molar-refractivity contribution in [1.29, 1.82) is 0 Å². The highest BCUT2D eigenvalue weighted by molar-refractivity contribution is 6.34. The molecule has 0 heterocycles. The molecule has 1 N–H and O–H groups in total. The van der Waals surface area contributed by atoms with Crippen molar-refractivity contribution in [1.82, 2.24) is 0 Å². The topological polar surface area (TPSA) is 73.9 Å². The van der Waals surface area contributed by atoms with Crippen LogP contribution in [0.4, 0.5) is 5.69 Å². The third-order valence-corrected chi connectivity index (χ3v) is 4.36. The van der Waals surface area contributed by atoms with Gasteiger partial charge < -0.3 is 19.5 Å². The molecular formula is C21H24ClNO5. The maximum atomic E-state index is 12.5. The molecule has 28 heavy (non-hydrogen) atoms. The van der Waals surface area contributed by atoms with Gasteiger partial charge >= 0.3 is 5.97 Å². The minimum Gasteiger partial charge on any atom is -0.496 e. The van der Waals surface area contributed by atoms with Gasteiger partial charge in [-0.25, -0.2) is 4.79 Å². The maximum Gasteiger partial charge on any atom is 0.341 e. The fourth-order valence-electron chi connectivity index (χ4n) is 2.60. The van der Waals surface area contributed by atoms with Gasteiger partial charge in [0.15, 0.2) is 6.10 Å². The molecule has 0 aromatic heterocycles. The first-order valence-corrected chi connectivity index (χ1v) is 9.24. The van der Waals surface area contributed by atoms with E-state index in [4.69, 9.17) is 25.8 Å². The van der Waals surface area contributed by atoms with Gasteiger partial charge in [0.2, 0.25) is 0 Å². The third-order valence-electron chi connectivity index (χ3n) is 4.05. The summed E-state index contributed by atoms with van der Waals surface area (Å²) in [7, 11) is 1.42. The van der Waals surface area contributed by atoms with Crippen LogP contribution in [0, 0.1) is 13.8 Å². The van der Waals surface area contributed by atoms with Gasteiger partial charge in [-0.2, -0.15) is 0 Å². The molecule has 0 fully saturated rings. The summed E-state index contributed by atoms with van der Waals surface area (Å²) in [6.45, 7) is 7.49. The van der Waals surface area contributed by atoms with Crippen LogP contribution in [0.5, 0.6) is 11.5 Å². The lowest BCUT2D eigenvalue weighted by atomic mass is 10.1. The van der Waals surface area contributed by atoms with Crippen molar-refractivity contribution in [3.63, 3.8) is 0 Å². The van der Waals surface area contributed by atoms with E-state index in [1.165, 1.54) is 19.2 Å². The highest BCUT2D eigenvalue weighted by Crippen LogP contribution is 2.32. The molecule has 1 unspecified atom stereocenters. The second kappa shape index (κ2) is 9.46. The fourth-order valence-corrected chi connectivity index (χ4v) is 2.81. The van der Waals surface area contributed by atoms with Gasteiger partial charge in [0.25, 0.3) is 5.91 Å². The molecule has 0 aliphatic carbocycles. The Morgan fingerprint density at radius 2 is 1.86 bits per heavy atom. The molecule has 1 atom stereocenters. The predicted molar refractivity (Wildman–Crippen MR) is 109 cm³/mol. The Balaban J connectivity index is 2.17. The van der Waals surface area contributed by atoms with E-state index >= 15 is 0 Å². The molecule has 0 spiro atoms. The lowest BCUT2D eigenvalue weighted by Gasteiger charge is -2.18. The Hall–Kier alpha value is -2.73. The van der Waals surface area contributed by atoms with Crippen LogP contribution >= 0.6 is 11.6 Å². The summed E-state index contributed by atoms with van der Waals surface area (Å²) in [6.07, 6.45) is -0.756. The number of ether oxygens (including phenoxy) is 3. The lowest BCUT2D eigenvalue weighted by Crippen LogP contribution is -2.30. The number of esters is 1. The van der Waals surface area contributed by atoms with E-state index in [0.29, 0.717) is 11.4 Å². The molecule has 1 amide bonds. The Bertz CT molecular complexity index is 881. The standard InChI is InChI=1S/C21H24ClNO5/c1-6-27-21(25)15-10-16(22)17(11-19(15)26-5)23-20(24)14(4)28-18-8-7-12(2)9-13(18)3/h7-11,14H,6H2,1-5H3,(H,23,24). The van der Waals surface area contributed by atoms with E-state index < -0.39 is 12.1 Å². The zero-order valence-corrected chi connectivity index (χ0v) is 17.3. The van der Waals surface area contributed by atoms with Gasteiger partial charge in [0, 0.05) is 6.07 Å². The summed E-state index contributed by atoms with van der Waals surface area (Å²) >= 11 is 6.24. The number of carbonyl (C=O) groups excluding carboxylic acids is 2. The van der Waals surface area contributed by atoms with E-state index in [-0.39, 0.29) is 28.8 Å². The Labute approximate surface area is 169 Å². The monoisotopic (exact) mass is 405 g/mol. The molecule has 0 aliphatic rings. The number of amides is 1. The molecule has 7 heteroatoms. The minimum absolute atomic E-state index is 0.187. The Kier molecular flexibility index (Phi) is 7.29. The number of hydrogen-bond acceptors (Lipinski definition) is 5. The lowest BCUT2D eigenvalue weighted by molar-refractivity contribution is -0.122. The van der Waals surface area contributed by atoms with Gasteiger partial charge in [-0.05, 0) is 45.4 Å². The number of benzene rings is 2. The van der Waals surface area contributed by atoms with Gasteiger partial charge in [-0.15, -0.1) is 0 Å². The van der Waals surface area contributed by atoms with Crippen LogP contribution in [0.2, 0.25) is 5.02 Å². The first kappa shape index (κ1) is 21.6. The van der Waals surface area contributed by atoms with E-state index in [2.05, 4.69) is 5.32 Å². The van der Waals surface area contributed by atoms with Crippen LogP contribution in [0.25, 0.3) is 0 Å². The quantitative estimate of drug-likeness (QED) is 0.684. The number of halogens is 1. The molecule has 0 saturated carbocycles. The predicted octanol–water partition coefficient (Wildman–Crippen LogP) is 4.55. The van der Waals surface area contributed by atoms with Gasteiger partial charge in [-0.1, -0.05) is 29.3 Å². The van der Waals surface area contributed by atoms with E-state index in [1.54, 1.807) is 13.8 Å². The fraction of sp³-hybridized carbons (Fsp3) is 0.333. The number of aryl methyl sites for hydroxylation is 2. The van der Waals surface area contributed by atoms with Crippen molar-refractivity contribution >= 4 is 29.2 Å². The van der Waals surface area contributed by atoms with Crippen LogP contribution in [-0.4, -0.2) is 31.7 Å². The van der Waals surface area contributed by atoms with Crippen LogP contribution in [0.15, 0.2) is 30.3 Å². The van der Waals surface area contributed by atoms with Gasteiger partial charge in [0.05, 0.1) is 24.4 Å². The zero-order valence-electron chi connectivity index (χ0n) is 16.6. The van der Waals surface area contributed by atoms with Crippen LogP contribution < -0.4 is 14.8 Å². The molecule has 0 saturated heterocycles. The third kappa shape index (κ3) is 5.16. The number of carbonyl (C=O) groups is 2. The van der Waals surface area contributed by atoms with E-state index in [0.717, 1.165) is 11.1 Å². The van der Waals surface area contributed by atoms with Gasteiger partial charge in [0.1, 0.15) is 17.1 Å². The summed E-state index contributed by atoms with van der Waals surface area (Å²) < 4.78 is 16.0. The summed E-state index contributed by atoms with van der Waals surface area (Å²) in [5, 5.41) is 2.90. The molecule has 0 radical (unpaired) electrons. The Morgan fingerprint density at radius 3 is 2.46 bits per heavy atom. The van der Waals surface area contributed by atoms with Crippen molar-refractivity contribution in [3.05, 3.63) is 52.0 Å². The molecule has 0 bridgehead atoms. The first-order valence-electron chi connectivity index (χ1n) is 8.86. The van der Waals surface area contributed by atoms with Crippen LogP contribution in [-0.2, 0) is 9.53 Å². The molecule has 6 nitrogen and oxygen atoms in total. The molecule has 0 aliphatic heterocycles. The first-order chi connectivity index (χ1) is 13.3. The summed E-state index contributed by atoms with van der Waals surface area (Å²) in [5.41, 5.74) is 2.56. The van der Waals surface area contributed by atoms with Crippen molar-refractivity contribution < 1.29 is 23.8 Å². The zero-order chi connectivity index (χ0) is 20.8. The number of nitrogens with one attached hydrogen (secondary N) is 1. The second-order valence-electron chi connectivity index (χ2n) is 6.27. The molecule has 150 valence electrons. The van der Waals surface area contributed by atoms with E-state index in [1.807, 2.05) is 32.0 Å². The van der Waals surface area contributed by atoms with E-state index in [9.17, 15) is 9.59 Å². The van der Waals surface area contributed by atoms with Crippen molar-refractivity contribution in [3.8, 4) is 11.5 Å². The summed E-state index contributed by atoms with van der Waals surface area (Å²) in [4.78, 5) is 24.6. The highest BCUT2D eigenvalue weighted by Gasteiger charge is 2.21. The smallest absolute Gasteiger partial charge is 0.341 e.